The van der Waals surface area contributed by atoms with E-state index in [0.717, 1.165) is 12.2 Å². The van der Waals surface area contributed by atoms with Gasteiger partial charge < -0.3 is 4.74 Å². The van der Waals surface area contributed by atoms with Crippen molar-refractivity contribution >= 4 is 61.9 Å². The van der Waals surface area contributed by atoms with Crippen LogP contribution in [0.4, 0.5) is 0 Å². The number of ether oxygens (including phenoxy) is 1. The predicted octanol–water partition coefficient (Wildman–Crippen LogP) is 4.73. The van der Waals surface area contributed by atoms with Gasteiger partial charge in [0.05, 0.1) is 3.79 Å². The molecule has 18 heavy (non-hydrogen) atoms. The number of carbonyl (C=O) groups excluding carboxylic acids is 1. The number of esters is 1. The Kier molecular flexibility index (Phi) is 4.96. The lowest BCUT2D eigenvalue weighted by atomic mass is 10.3. The maximum absolute atomic E-state index is 11.6. The van der Waals surface area contributed by atoms with Crippen LogP contribution in [0.5, 0.6) is 5.75 Å². The highest BCUT2D eigenvalue weighted by Gasteiger charge is 2.00. The van der Waals surface area contributed by atoms with Crippen LogP contribution < -0.4 is 4.74 Å². The molecular formula is C13H8BrIO2S. The maximum atomic E-state index is 11.6. The zero-order valence-electron chi connectivity index (χ0n) is 9.10. The Balaban J connectivity index is 1.96. The second-order valence-corrected chi connectivity index (χ2v) is 7.09. The topological polar surface area (TPSA) is 26.3 Å². The van der Waals surface area contributed by atoms with Crippen LogP contribution in [0.3, 0.4) is 0 Å². The van der Waals surface area contributed by atoms with Gasteiger partial charge in [0.2, 0.25) is 0 Å². The second-order valence-electron chi connectivity index (χ2n) is 3.35. The zero-order chi connectivity index (χ0) is 13.0. The molecule has 0 spiro atoms. The summed E-state index contributed by atoms with van der Waals surface area (Å²) in [6.45, 7) is 0. The third-order valence-electron chi connectivity index (χ3n) is 2.01. The molecule has 1 heterocycles. The quantitative estimate of drug-likeness (QED) is 0.302. The van der Waals surface area contributed by atoms with Crippen molar-refractivity contribution in [3.05, 3.63) is 54.7 Å². The average molecular weight is 435 g/mol. The molecule has 1 aromatic carbocycles. The fraction of sp³-hybridized carbons (Fsp3) is 0. The first-order valence-corrected chi connectivity index (χ1v) is 7.73. The van der Waals surface area contributed by atoms with Crippen LogP contribution in [0.2, 0.25) is 0 Å². The van der Waals surface area contributed by atoms with Gasteiger partial charge in [-0.2, -0.15) is 0 Å². The van der Waals surface area contributed by atoms with Crippen LogP contribution in [-0.2, 0) is 4.79 Å². The monoisotopic (exact) mass is 434 g/mol. The van der Waals surface area contributed by atoms with E-state index in [9.17, 15) is 4.79 Å². The van der Waals surface area contributed by atoms with E-state index in [1.807, 2.05) is 24.3 Å². The Labute approximate surface area is 131 Å². The van der Waals surface area contributed by atoms with Gasteiger partial charge in [0.15, 0.2) is 0 Å². The molecule has 92 valence electrons. The van der Waals surface area contributed by atoms with Gasteiger partial charge in [-0.25, -0.2) is 4.79 Å². The molecule has 0 radical (unpaired) electrons. The Hall–Kier alpha value is -0.660. The Bertz CT molecular complexity index is 575. The van der Waals surface area contributed by atoms with Gasteiger partial charge in [0, 0.05) is 14.5 Å². The highest BCUT2D eigenvalue weighted by atomic mass is 127. The van der Waals surface area contributed by atoms with Gasteiger partial charge in [-0.1, -0.05) is 0 Å². The minimum absolute atomic E-state index is 0.374. The van der Waals surface area contributed by atoms with Crippen molar-refractivity contribution in [3.63, 3.8) is 0 Å². The van der Waals surface area contributed by atoms with E-state index in [0.29, 0.717) is 5.75 Å². The van der Waals surface area contributed by atoms with E-state index in [2.05, 4.69) is 38.5 Å². The summed E-state index contributed by atoms with van der Waals surface area (Å²) in [5.41, 5.74) is 0. The summed E-state index contributed by atoms with van der Waals surface area (Å²) >= 11 is 7.13. The van der Waals surface area contributed by atoms with Crippen molar-refractivity contribution in [3.8, 4) is 5.75 Å². The van der Waals surface area contributed by atoms with Crippen molar-refractivity contribution in [2.24, 2.45) is 0 Å². The van der Waals surface area contributed by atoms with Crippen LogP contribution in [0.1, 0.15) is 4.88 Å². The first-order valence-electron chi connectivity index (χ1n) is 5.04. The summed E-state index contributed by atoms with van der Waals surface area (Å²) < 4.78 is 7.30. The van der Waals surface area contributed by atoms with Gasteiger partial charge in [0.1, 0.15) is 5.75 Å². The lowest BCUT2D eigenvalue weighted by Crippen LogP contribution is -2.03. The number of rotatable bonds is 3. The van der Waals surface area contributed by atoms with E-state index in [1.165, 1.54) is 6.08 Å². The molecule has 0 aliphatic rings. The Morgan fingerprint density at radius 2 is 1.94 bits per heavy atom. The summed E-state index contributed by atoms with van der Waals surface area (Å²) in [4.78, 5) is 12.6. The second kappa shape index (κ2) is 6.49. The molecule has 1 aromatic heterocycles. The molecule has 0 amide bonds. The number of halogens is 2. The smallest absolute Gasteiger partial charge is 0.336 e. The minimum Gasteiger partial charge on any atom is -0.423 e. The molecule has 2 rings (SSSR count). The van der Waals surface area contributed by atoms with E-state index in [-0.39, 0.29) is 5.97 Å². The average Bonchev–Trinajstić information content (AvgIpc) is 2.76. The standard InChI is InChI=1S/C13H8BrIO2S/c14-12-7-5-11(18-12)6-8-13(16)17-10-3-1-9(15)2-4-10/h1-8H/b8-6+. The third-order valence-corrected chi connectivity index (χ3v) is 4.32. The van der Waals surface area contributed by atoms with E-state index in [1.54, 1.807) is 29.5 Å². The van der Waals surface area contributed by atoms with Crippen molar-refractivity contribution in [1.82, 2.24) is 0 Å². The lowest BCUT2D eigenvalue weighted by Gasteiger charge is -2.00. The van der Waals surface area contributed by atoms with Gasteiger partial charge in [-0.15, -0.1) is 11.3 Å². The third kappa shape index (κ3) is 4.22. The SMILES string of the molecule is O=C(/C=C/c1ccc(Br)s1)Oc1ccc(I)cc1. The van der Waals surface area contributed by atoms with Gasteiger partial charge >= 0.3 is 5.97 Å². The Morgan fingerprint density at radius 3 is 2.56 bits per heavy atom. The zero-order valence-corrected chi connectivity index (χ0v) is 13.7. The molecule has 0 fully saturated rings. The van der Waals surface area contributed by atoms with E-state index < -0.39 is 0 Å². The van der Waals surface area contributed by atoms with Crippen LogP contribution in [-0.4, -0.2) is 5.97 Å². The van der Waals surface area contributed by atoms with Crippen LogP contribution in [0.15, 0.2) is 46.3 Å². The first-order chi connectivity index (χ1) is 8.63. The van der Waals surface area contributed by atoms with Gasteiger partial charge in [-0.3, -0.25) is 0 Å². The van der Waals surface area contributed by atoms with Gasteiger partial charge in [-0.05, 0) is 81.0 Å². The normalized spacial score (nSPS) is 10.8. The van der Waals surface area contributed by atoms with Crippen LogP contribution in [0.25, 0.3) is 6.08 Å². The number of hydrogen-bond acceptors (Lipinski definition) is 3. The lowest BCUT2D eigenvalue weighted by molar-refractivity contribution is -0.128. The maximum Gasteiger partial charge on any atom is 0.336 e. The highest BCUT2D eigenvalue weighted by Crippen LogP contribution is 2.23. The number of hydrogen-bond donors (Lipinski definition) is 0. The predicted molar refractivity (Wildman–Crippen MR) is 85.8 cm³/mol. The molecule has 0 aliphatic heterocycles. The van der Waals surface area contributed by atoms with Crippen LogP contribution >= 0.6 is 49.9 Å². The summed E-state index contributed by atoms with van der Waals surface area (Å²) in [6, 6.07) is 11.2. The molecule has 0 atom stereocenters. The van der Waals surface area contributed by atoms with Gasteiger partial charge in [0.25, 0.3) is 0 Å². The molecule has 0 saturated heterocycles. The molecular weight excluding hydrogens is 427 g/mol. The van der Waals surface area contributed by atoms with Crippen molar-refractivity contribution in [2.75, 3.05) is 0 Å². The largest absolute Gasteiger partial charge is 0.423 e. The molecule has 0 N–H and O–H groups in total. The molecule has 0 aliphatic carbocycles. The van der Waals surface area contributed by atoms with Crippen molar-refractivity contribution in [1.29, 1.82) is 0 Å². The Morgan fingerprint density at radius 1 is 1.22 bits per heavy atom. The molecule has 0 saturated carbocycles. The summed E-state index contributed by atoms with van der Waals surface area (Å²) in [5, 5.41) is 0. The summed E-state index contributed by atoms with van der Waals surface area (Å²) in [7, 11) is 0. The molecule has 0 bridgehead atoms. The van der Waals surface area contributed by atoms with E-state index >= 15 is 0 Å². The number of thiophene rings is 1. The van der Waals surface area contributed by atoms with Crippen molar-refractivity contribution in [2.45, 2.75) is 0 Å². The number of benzene rings is 1. The highest BCUT2D eigenvalue weighted by molar-refractivity contribution is 14.1. The minimum atomic E-state index is -0.374. The molecule has 2 nitrogen and oxygen atoms in total. The van der Waals surface area contributed by atoms with Crippen molar-refractivity contribution < 1.29 is 9.53 Å². The van der Waals surface area contributed by atoms with Crippen LogP contribution in [0, 0.1) is 3.57 Å². The summed E-state index contributed by atoms with van der Waals surface area (Å²) in [6.07, 6.45) is 3.17. The van der Waals surface area contributed by atoms with E-state index in [4.69, 9.17) is 4.74 Å². The number of carbonyl (C=O) groups is 1. The first kappa shape index (κ1) is 13.8. The molecule has 5 heteroatoms. The molecule has 0 unspecified atom stereocenters. The molecule has 2 aromatic rings. The fourth-order valence-corrected chi connectivity index (χ4v) is 2.91. The fourth-order valence-electron chi connectivity index (χ4n) is 1.22. The summed E-state index contributed by atoms with van der Waals surface area (Å²) in [5.74, 6) is 0.179.